The van der Waals surface area contributed by atoms with E-state index < -0.39 is 0 Å². The summed E-state index contributed by atoms with van der Waals surface area (Å²) < 4.78 is 5.52. The van der Waals surface area contributed by atoms with Crippen LogP contribution in [0, 0.1) is 5.92 Å². The van der Waals surface area contributed by atoms with E-state index in [-0.39, 0.29) is 0 Å². The number of hydrogen-bond acceptors (Lipinski definition) is 3. The van der Waals surface area contributed by atoms with E-state index in [1.54, 1.807) is 0 Å². The van der Waals surface area contributed by atoms with Crippen LogP contribution < -0.4 is 5.32 Å². The molecule has 1 fully saturated rings. The van der Waals surface area contributed by atoms with E-state index >= 15 is 0 Å². The molecular weight excluding hydrogens is 248 g/mol. The Hall–Kier alpha value is -0.610. The van der Waals surface area contributed by atoms with Gasteiger partial charge in [-0.3, -0.25) is 0 Å². The molecule has 2 unspecified atom stereocenters. The van der Waals surface area contributed by atoms with Gasteiger partial charge in [0.1, 0.15) is 0 Å². The van der Waals surface area contributed by atoms with E-state index in [1.165, 1.54) is 5.56 Å². The molecule has 1 saturated heterocycles. The van der Waals surface area contributed by atoms with Crippen molar-refractivity contribution >= 4 is 11.6 Å². The number of likely N-dealkylation sites (N-methyl/N-ethyl adjacent to an activating group) is 1. The first-order valence-electron chi connectivity index (χ1n) is 6.37. The summed E-state index contributed by atoms with van der Waals surface area (Å²) in [6, 6.07) is 8.50. The molecule has 1 aromatic carbocycles. The molecule has 1 aromatic rings. The molecule has 0 radical (unpaired) electrons. The molecule has 1 aliphatic heterocycles. The van der Waals surface area contributed by atoms with Gasteiger partial charge in [0.25, 0.3) is 0 Å². The summed E-state index contributed by atoms with van der Waals surface area (Å²) in [4.78, 5) is 2.31. The Morgan fingerprint density at radius 3 is 2.89 bits per heavy atom. The maximum Gasteiger partial charge on any atom is 0.0623 e. The van der Waals surface area contributed by atoms with Crippen molar-refractivity contribution in [3.8, 4) is 0 Å². The molecule has 0 aromatic heterocycles. The van der Waals surface area contributed by atoms with E-state index in [1.807, 2.05) is 25.2 Å². The number of nitrogens with one attached hydrogen (secondary N) is 1. The van der Waals surface area contributed by atoms with Crippen molar-refractivity contribution in [2.45, 2.75) is 12.6 Å². The van der Waals surface area contributed by atoms with Gasteiger partial charge in [-0.25, -0.2) is 0 Å². The van der Waals surface area contributed by atoms with Gasteiger partial charge < -0.3 is 15.0 Å². The van der Waals surface area contributed by atoms with E-state index in [2.05, 4.69) is 23.3 Å². The zero-order valence-electron chi connectivity index (χ0n) is 11.0. The van der Waals surface area contributed by atoms with E-state index in [0.717, 1.165) is 31.3 Å². The first-order valence-corrected chi connectivity index (χ1v) is 6.75. The second-order valence-corrected chi connectivity index (χ2v) is 5.39. The summed E-state index contributed by atoms with van der Waals surface area (Å²) >= 11 is 6.18. The van der Waals surface area contributed by atoms with Crippen molar-refractivity contribution in [3.63, 3.8) is 0 Å². The first kappa shape index (κ1) is 13.8. The maximum absolute atomic E-state index is 6.18. The highest BCUT2D eigenvalue weighted by atomic mass is 35.5. The molecule has 1 heterocycles. The minimum Gasteiger partial charge on any atom is -0.379 e. The van der Waals surface area contributed by atoms with Crippen molar-refractivity contribution in [1.82, 2.24) is 10.2 Å². The predicted octanol–water partition coefficient (Wildman–Crippen LogP) is 2.01. The molecule has 2 rings (SSSR count). The van der Waals surface area contributed by atoms with Crippen molar-refractivity contribution < 1.29 is 4.74 Å². The van der Waals surface area contributed by atoms with Gasteiger partial charge >= 0.3 is 0 Å². The zero-order chi connectivity index (χ0) is 13.0. The zero-order valence-corrected chi connectivity index (χ0v) is 11.8. The standard InChI is InChI=1S/C14H21ClN2O/c1-16-14-10-18-9-12(14)8-17(2)7-11-5-3-4-6-13(11)15/h3-6,12,14,16H,7-10H2,1-2H3. The normalized spacial score (nSPS) is 23.8. The van der Waals surface area contributed by atoms with Crippen LogP contribution in [-0.2, 0) is 11.3 Å². The molecule has 0 spiro atoms. The van der Waals surface area contributed by atoms with Crippen LogP contribution in [0.15, 0.2) is 24.3 Å². The summed E-state index contributed by atoms with van der Waals surface area (Å²) in [5, 5.41) is 4.16. The van der Waals surface area contributed by atoms with Crippen LogP contribution in [0.1, 0.15) is 5.56 Å². The Balaban J connectivity index is 1.89. The molecule has 100 valence electrons. The van der Waals surface area contributed by atoms with E-state index in [0.29, 0.717) is 12.0 Å². The lowest BCUT2D eigenvalue weighted by molar-refractivity contribution is 0.172. The summed E-state index contributed by atoms with van der Waals surface area (Å²) in [6.45, 7) is 3.57. The summed E-state index contributed by atoms with van der Waals surface area (Å²) in [7, 11) is 4.13. The molecule has 0 bridgehead atoms. The van der Waals surface area contributed by atoms with Crippen molar-refractivity contribution in [2.24, 2.45) is 5.92 Å². The molecule has 1 aliphatic rings. The van der Waals surface area contributed by atoms with Crippen LogP contribution in [0.4, 0.5) is 0 Å². The fourth-order valence-electron chi connectivity index (χ4n) is 2.48. The van der Waals surface area contributed by atoms with E-state index in [4.69, 9.17) is 16.3 Å². The van der Waals surface area contributed by atoms with Crippen LogP contribution in [0.5, 0.6) is 0 Å². The van der Waals surface area contributed by atoms with E-state index in [9.17, 15) is 0 Å². The summed E-state index contributed by atoms with van der Waals surface area (Å²) in [6.07, 6.45) is 0. The highest BCUT2D eigenvalue weighted by Gasteiger charge is 2.27. The highest BCUT2D eigenvalue weighted by Crippen LogP contribution is 2.19. The fraction of sp³-hybridized carbons (Fsp3) is 0.571. The molecule has 0 aliphatic carbocycles. The van der Waals surface area contributed by atoms with Gasteiger partial charge in [0.05, 0.1) is 13.2 Å². The third-order valence-corrected chi connectivity index (χ3v) is 3.88. The Morgan fingerprint density at radius 2 is 2.17 bits per heavy atom. The number of nitrogens with zero attached hydrogens (tertiary/aromatic N) is 1. The smallest absolute Gasteiger partial charge is 0.0623 e. The third-order valence-electron chi connectivity index (χ3n) is 3.51. The molecule has 1 N–H and O–H groups in total. The molecule has 3 nitrogen and oxygen atoms in total. The average Bonchev–Trinajstić information content (AvgIpc) is 2.79. The van der Waals surface area contributed by atoms with Gasteiger partial charge in [-0.05, 0) is 25.7 Å². The Morgan fingerprint density at radius 1 is 1.39 bits per heavy atom. The Bertz CT molecular complexity index is 386. The molecular formula is C14H21ClN2O. The van der Waals surface area contributed by atoms with Crippen LogP contribution in [0.3, 0.4) is 0 Å². The molecule has 4 heteroatoms. The van der Waals surface area contributed by atoms with Crippen molar-refractivity contribution in [3.05, 3.63) is 34.9 Å². The SMILES string of the molecule is CNC1COCC1CN(C)Cc1ccccc1Cl. The van der Waals surface area contributed by atoms with Gasteiger partial charge in [-0.2, -0.15) is 0 Å². The number of ether oxygens (including phenoxy) is 1. The van der Waals surface area contributed by atoms with Crippen LogP contribution >= 0.6 is 11.6 Å². The number of rotatable bonds is 5. The molecule has 0 saturated carbocycles. The van der Waals surface area contributed by atoms with Gasteiger partial charge in [0, 0.05) is 30.1 Å². The quantitative estimate of drug-likeness (QED) is 0.884. The summed E-state index contributed by atoms with van der Waals surface area (Å²) in [5.41, 5.74) is 1.18. The predicted molar refractivity (Wildman–Crippen MR) is 74.9 cm³/mol. The Labute approximate surface area is 114 Å². The van der Waals surface area contributed by atoms with Gasteiger partial charge in [-0.15, -0.1) is 0 Å². The van der Waals surface area contributed by atoms with Crippen molar-refractivity contribution in [2.75, 3.05) is 33.9 Å². The van der Waals surface area contributed by atoms with Crippen LogP contribution in [-0.4, -0.2) is 44.8 Å². The number of benzene rings is 1. The van der Waals surface area contributed by atoms with Gasteiger partial charge in [0.15, 0.2) is 0 Å². The second-order valence-electron chi connectivity index (χ2n) is 4.98. The molecule has 2 atom stereocenters. The first-order chi connectivity index (χ1) is 8.70. The lowest BCUT2D eigenvalue weighted by Gasteiger charge is -2.24. The second kappa shape index (κ2) is 6.53. The molecule has 18 heavy (non-hydrogen) atoms. The fourth-order valence-corrected chi connectivity index (χ4v) is 2.68. The van der Waals surface area contributed by atoms with Gasteiger partial charge in [0.2, 0.25) is 0 Å². The summed E-state index contributed by atoms with van der Waals surface area (Å²) in [5.74, 6) is 0.558. The molecule has 0 amide bonds. The largest absolute Gasteiger partial charge is 0.379 e. The maximum atomic E-state index is 6.18. The minimum atomic E-state index is 0.471. The lowest BCUT2D eigenvalue weighted by Crippen LogP contribution is -2.38. The monoisotopic (exact) mass is 268 g/mol. The lowest BCUT2D eigenvalue weighted by atomic mass is 10.0. The highest BCUT2D eigenvalue weighted by molar-refractivity contribution is 6.31. The third kappa shape index (κ3) is 3.45. The topological polar surface area (TPSA) is 24.5 Å². The van der Waals surface area contributed by atoms with Gasteiger partial charge in [-0.1, -0.05) is 29.8 Å². The number of halogens is 1. The minimum absolute atomic E-state index is 0.471. The number of hydrogen-bond donors (Lipinski definition) is 1. The van der Waals surface area contributed by atoms with Crippen molar-refractivity contribution in [1.29, 1.82) is 0 Å². The average molecular weight is 269 g/mol. The Kier molecular flexibility index (Phi) is 5.01. The van der Waals surface area contributed by atoms with Crippen LogP contribution in [0.25, 0.3) is 0 Å². The van der Waals surface area contributed by atoms with Crippen LogP contribution in [0.2, 0.25) is 5.02 Å².